The van der Waals surface area contributed by atoms with Crippen LogP contribution in [0.25, 0.3) is 0 Å². The van der Waals surface area contributed by atoms with Crippen LogP contribution in [-0.4, -0.2) is 73.1 Å². The number of hydrogen-bond donors (Lipinski definition) is 0. The largest absolute Gasteiger partial charge is 2.00 e. The Morgan fingerprint density at radius 3 is 0.818 bits per heavy atom. The molecule has 0 aliphatic rings. The summed E-state index contributed by atoms with van der Waals surface area (Å²) >= 11 is 0. The molecule has 0 saturated heterocycles. The molecule has 11 heavy (non-hydrogen) atoms. The van der Waals surface area contributed by atoms with Gasteiger partial charge in [0.15, 0.2) is 0 Å². The zero-order valence-electron chi connectivity index (χ0n) is 5.31. The normalized spacial score (nSPS) is 4.36. The molecular formula is C2H2CaClMgO6+. The molecule has 0 aliphatic heterocycles. The van der Waals surface area contributed by atoms with Crippen LogP contribution < -0.4 is 20.4 Å². The van der Waals surface area contributed by atoms with Crippen LogP contribution in [0.5, 0.6) is 0 Å². The second-order valence-corrected chi connectivity index (χ2v) is 0.500. The summed E-state index contributed by atoms with van der Waals surface area (Å²) < 4.78 is 0. The minimum absolute atomic E-state index is 0. The summed E-state index contributed by atoms with van der Waals surface area (Å²) in [6, 6.07) is 0. The van der Waals surface area contributed by atoms with Gasteiger partial charge in [-0.05, 0) is 12.3 Å². The van der Waals surface area contributed by atoms with E-state index in [2.05, 4.69) is 0 Å². The van der Waals surface area contributed by atoms with Gasteiger partial charge in [-0.2, -0.15) is 0 Å². The summed E-state index contributed by atoms with van der Waals surface area (Å²) in [5.74, 6) is 0. The number of rotatable bonds is 0. The minimum Gasteiger partial charge on any atom is -0.652 e. The van der Waals surface area contributed by atoms with Gasteiger partial charge in [-0.15, -0.1) is 0 Å². The minimum atomic E-state index is -2.33. The molecule has 0 bridgehead atoms. The Kier molecular flexibility index (Phi) is 60.6. The number of carboxylic acid groups (broad SMARTS) is 4. The molecule has 0 amide bonds. The molecule has 0 spiro atoms. The van der Waals surface area contributed by atoms with E-state index in [1.165, 1.54) is 0 Å². The van der Waals surface area contributed by atoms with E-state index in [1.54, 1.807) is 0 Å². The summed E-state index contributed by atoms with van der Waals surface area (Å²) in [5, 5.41) is 33.3. The molecule has 0 aromatic heterocycles. The van der Waals surface area contributed by atoms with Gasteiger partial charge in [0.05, 0.1) is 12.4 Å². The Bertz CT molecular complexity index is 78.6. The molecule has 6 nitrogen and oxygen atoms in total. The van der Waals surface area contributed by atoms with E-state index in [-0.39, 0.29) is 73.2 Å². The third-order valence-corrected chi connectivity index (χ3v) is 0. The van der Waals surface area contributed by atoms with Crippen LogP contribution in [0, 0.1) is 12.4 Å². The maximum Gasteiger partial charge on any atom is 2.00 e. The van der Waals surface area contributed by atoms with Crippen molar-refractivity contribution in [2.75, 3.05) is 0 Å². The Morgan fingerprint density at radius 2 is 0.818 bits per heavy atom. The summed E-state index contributed by atoms with van der Waals surface area (Å²) in [5.41, 5.74) is 0. The molecule has 0 atom stereocenters. The second-order valence-electron chi connectivity index (χ2n) is 0.500. The van der Waals surface area contributed by atoms with Gasteiger partial charge in [-0.1, -0.05) is 0 Å². The summed E-state index contributed by atoms with van der Waals surface area (Å²) in [6.45, 7) is 0. The zero-order valence-corrected chi connectivity index (χ0v) is 9.83. The van der Waals surface area contributed by atoms with E-state index in [0.29, 0.717) is 0 Å². The quantitative estimate of drug-likeness (QED) is 0.375. The van der Waals surface area contributed by atoms with Crippen LogP contribution in [0.3, 0.4) is 0 Å². The van der Waals surface area contributed by atoms with Crippen molar-refractivity contribution < 1.29 is 42.4 Å². The molecule has 0 radical (unpaired) electrons. The van der Waals surface area contributed by atoms with Crippen LogP contribution in [0.2, 0.25) is 0 Å². The molecule has 0 saturated carbocycles. The van der Waals surface area contributed by atoms with Gasteiger partial charge in [-0.25, -0.2) is 0 Å². The molecule has 0 heterocycles. The first-order valence-corrected chi connectivity index (χ1v) is 1.22. The molecular weight excluding hydrogens is 220 g/mol. The Labute approximate surface area is 114 Å². The molecule has 0 rings (SSSR count). The van der Waals surface area contributed by atoms with E-state index in [4.69, 9.17) is 30.0 Å². The van der Waals surface area contributed by atoms with Gasteiger partial charge in [0, 0.05) is 0 Å². The predicted octanol–water partition coefficient (Wildman–Crippen LogP) is -6.19. The Balaban J connectivity index is -0.0000000171. The first-order valence-electron chi connectivity index (χ1n) is 1.22. The molecule has 0 aromatic rings. The van der Waals surface area contributed by atoms with Crippen LogP contribution in [0.1, 0.15) is 0 Å². The number of carbonyl (C=O) groups is 2. The van der Waals surface area contributed by atoms with Crippen LogP contribution >= 0.6 is 0 Å². The van der Waals surface area contributed by atoms with Crippen molar-refractivity contribution in [1.82, 2.24) is 0 Å². The van der Waals surface area contributed by atoms with Gasteiger partial charge < -0.3 is 30.0 Å². The summed E-state index contributed by atoms with van der Waals surface area (Å²) in [4.78, 5) is 16.7. The number of hydrogen-bond acceptors (Lipinski definition) is 6. The van der Waals surface area contributed by atoms with Crippen molar-refractivity contribution in [3.05, 3.63) is 0 Å². The Hall–Kier alpha value is 0.856. The van der Waals surface area contributed by atoms with Crippen LogP contribution in [0.4, 0.5) is 9.59 Å². The fraction of sp³-hybridized carbons (Fsp3) is 0. The standard InChI is InChI=1S/2CH2O3.Ca.ClH2.Mg/c2*2-1(3)4;;;/h2*(H2,2,3,4);;1H2;/q;;+2;+1;+2/p-4. The Morgan fingerprint density at radius 1 is 0.818 bits per heavy atom. The van der Waals surface area contributed by atoms with E-state index < -0.39 is 12.3 Å². The number of carbonyl (C=O) groups excluding carboxylic acids is 2. The zero-order chi connectivity index (χ0) is 7.15. The van der Waals surface area contributed by atoms with Crippen molar-refractivity contribution in [2.24, 2.45) is 0 Å². The van der Waals surface area contributed by atoms with E-state index in [0.717, 1.165) is 0 Å². The smallest absolute Gasteiger partial charge is 0.652 e. The first-order chi connectivity index (χ1) is 3.46. The average molecular weight is 222 g/mol. The van der Waals surface area contributed by atoms with E-state index in [1.807, 2.05) is 0 Å². The third kappa shape index (κ3) is 1160. The molecule has 9 heteroatoms. The summed E-state index contributed by atoms with van der Waals surface area (Å²) in [6.07, 6.45) is -4.67. The predicted molar refractivity (Wildman–Crippen MR) is 25.1 cm³/mol. The van der Waals surface area contributed by atoms with Crippen LogP contribution in [-0.2, 0) is 0 Å². The molecule has 0 unspecified atom stereocenters. The topological polar surface area (TPSA) is 126 Å². The monoisotopic (exact) mass is 221 g/mol. The van der Waals surface area contributed by atoms with Crippen molar-refractivity contribution in [3.8, 4) is 0 Å². The average Bonchev–Trinajstić information content (AvgIpc) is 1.25. The van der Waals surface area contributed by atoms with Crippen LogP contribution in [0.15, 0.2) is 0 Å². The van der Waals surface area contributed by atoms with Gasteiger partial charge >= 0.3 is 60.8 Å². The third-order valence-electron chi connectivity index (χ3n) is 0. The van der Waals surface area contributed by atoms with E-state index >= 15 is 0 Å². The van der Waals surface area contributed by atoms with E-state index in [9.17, 15) is 0 Å². The van der Waals surface area contributed by atoms with Crippen molar-refractivity contribution >= 4 is 73.1 Å². The van der Waals surface area contributed by atoms with Gasteiger partial charge in [0.2, 0.25) is 0 Å². The number of halogens is 1. The van der Waals surface area contributed by atoms with Gasteiger partial charge in [0.25, 0.3) is 0 Å². The molecule has 0 N–H and O–H groups in total. The fourth-order valence-electron chi connectivity index (χ4n) is 0. The maximum atomic E-state index is 8.33. The second kappa shape index (κ2) is 22.4. The van der Waals surface area contributed by atoms with Crippen molar-refractivity contribution in [2.45, 2.75) is 0 Å². The first kappa shape index (κ1) is 29.7. The van der Waals surface area contributed by atoms with Gasteiger partial charge in [-0.3, -0.25) is 0 Å². The van der Waals surface area contributed by atoms with Gasteiger partial charge in [0.1, 0.15) is 0 Å². The SMILES string of the molecule is O=C([O-])[O-].O=C([O-])[O-].[Ca+2].[ClH2+].[Mg+2]. The molecule has 0 fully saturated rings. The molecule has 0 aromatic carbocycles. The molecule has 0 aliphatic carbocycles. The molecule has 56 valence electrons. The van der Waals surface area contributed by atoms with Crippen molar-refractivity contribution in [3.63, 3.8) is 0 Å². The fourth-order valence-corrected chi connectivity index (χ4v) is 0. The maximum absolute atomic E-state index is 8.33. The van der Waals surface area contributed by atoms with Crippen molar-refractivity contribution in [1.29, 1.82) is 0 Å². The summed E-state index contributed by atoms with van der Waals surface area (Å²) in [7, 11) is 0.